The zero-order valence-corrected chi connectivity index (χ0v) is 12.0. The van der Waals surface area contributed by atoms with E-state index in [1.165, 1.54) is 32.1 Å². The Balaban J connectivity index is 1.96. The van der Waals surface area contributed by atoms with E-state index in [4.69, 9.17) is 0 Å². The molecule has 2 rings (SSSR count). The first-order valence-corrected chi connectivity index (χ1v) is 7.38. The molecule has 0 saturated heterocycles. The molecule has 1 aromatic rings. The summed E-state index contributed by atoms with van der Waals surface area (Å²) in [6, 6.07) is 3.37. The molecule has 0 aliphatic heterocycles. The summed E-state index contributed by atoms with van der Waals surface area (Å²) >= 11 is 0. The highest BCUT2D eigenvalue weighted by atomic mass is 19.1. The third-order valence-corrected chi connectivity index (χ3v) is 4.26. The molecule has 1 aromatic carbocycles. The fourth-order valence-electron chi connectivity index (χ4n) is 3.06. The first-order chi connectivity index (χ1) is 9.08. The normalized spacial score (nSPS) is 16.6. The van der Waals surface area contributed by atoms with Gasteiger partial charge in [0.15, 0.2) is 5.78 Å². The van der Waals surface area contributed by atoms with Crippen LogP contribution < -0.4 is 0 Å². The SMILES string of the molecule is Cc1cc(C(=O)CCC2CCCCC2)cc(C)c1F. The van der Waals surface area contributed by atoms with Gasteiger partial charge in [-0.25, -0.2) is 4.39 Å². The Labute approximate surface area is 115 Å². The fraction of sp³-hybridized carbons (Fsp3) is 0.588. The number of carbonyl (C=O) groups is 1. The molecular formula is C17H23FO. The van der Waals surface area contributed by atoms with Crippen molar-refractivity contribution in [3.05, 3.63) is 34.6 Å². The van der Waals surface area contributed by atoms with Crippen molar-refractivity contribution in [2.24, 2.45) is 5.92 Å². The fourth-order valence-corrected chi connectivity index (χ4v) is 3.06. The maximum atomic E-state index is 13.5. The summed E-state index contributed by atoms with van der Waals surface area (Å²) in [4.78, 5) is 12.2. The van der Waals surface area contributed by atoms with Crippen molar-refractivity contribution in [3.8, 4) is 0 Å². The Morgan fingerprint density at radius 2 is 1.74 bits per heavy atom. The maximum absolute atomic E-state index is 13.5. The van der Waals surface area contributed by atoms with E-state index in [0.29, 0.717) is 23.1 Å². The molecule has 0 heterocycles. The minimum absolute atomic E-state index is 0.164. The number of hydrogen-bond acceptors (Lipinski definition) is 1. The van der Waals surface area contributed by atoms with Gasteiger partial charge in [0.1, 0.15) is 5.82 Å². The second-order valence-electron chi connectivity index (χ2n) is 5.89. The zero-order valence-electron chi connectivity index (χ0n) is 12.0. The summed E-state index contributed by atoms with van der Waals surface area (Å²) in [5.41, 5.74) is 1.81. The van der Waals surface area contributed by atoms with Crippen LogP contribution in [0.25, 0.3) is 0 Å². The summed E-state index contributed by atoms with van der Waals surface area (Å²) in [6.45, 7) is 3.44. The van der Waals surface area contributed by atoms with Crippen LogP contribution in [-0.2, 0) is 0 Å². The van der Waals surface area contributed by atoms with Gasteiger partial charge in [-0.3, -0.25) is 4.79 Å². The van der Waals surface area contributed by atoms with E-state index in [-0.39, 0.29) is 11.6 Å². The van der Waals surface area contributed by atoms with Crippen LogP contribution in [0, 0.1) is 25.6 Å². The van der Waals surface area contributed by atoms with Gasteiger partial charge in [-0.15, -0.1) is 0 Å². The van der Waals surface area contributed by atoms with Gasteiger partial charge in [0, 0.05) is 12.0 Å². The van der Waals surface area contributed by atoms with E-state index < -0.39 is 0 Å². The lowest BCUT2D eigenvalue weighted by Crippen LogP contribution is -2.09. The van der Waals surface area contributed by atoms with Gasteiger partial charge in [0.25, 0.3) is 0 Å². The molecule has 0 atom stereocenters. The summed E-state index contributed by atoms with van der Waals surface area (Å²) in [7, 11) is 0. The Morgan fingerprint density at radius 1 is 1.16 bits per heavy atom. The average Bonchev–Trinajstić information content (AvgIpc) is 2.42. The molecule has 1 saturated carbocycles. The highest BCUT2D eigenvalue weighted by molar-refractivity contribution is 5.96. The largest absolute Gasteiger partial charge is 0.294 e. The predicted molar refractivity (Wildman–Crippen MR) is 76.0 cm³/mol. The van der Waals surface area contributed by atoms with Crippen LogP contribution in [0.1, 0.15) is 66.4 Å². The smallest absolute Gasteiger partial charge is 0.162 e. The number of aryl methyl sites for hydroxylation is 2. The van der Waals surface area contributed by atoms with Gasteiger partial charge in [-0.1, -0.05) is 32.1 Å². The van der Waals surface area contributed by atoms with Crippen LogP contribution in [0.15, 0.2) is 12.1 Å². The summed E-state index contributed by atoms with van der Waals surface area (Å²) < 4.78 is 13.5. The molecule has 1 aliphatic rings. The number of halogens is 1. The lowest BCUT2D eigenvalue weighted by molar-refractivity contribution is 0.0970. The molecule has 0 N–H and O–H groups in total. The first-order valence-electron chi connectivity index (χ1n) is 7.38. The summed E-state index contributed by atoms with van der Waals surface area (Å²) in [6.07, 6.45) is 8.12. The van der Waals surface area contributed by atoms with Gasteiger partial charge in [0.2, 0.25) is 0 Å². The predicted octanol–water partition coefficient (Wildman–Crippen LogP) is 4.99. The van der Waals surface area contributed by atoms with Crippen LogP contribution in [0.4, 0.5) is 4.39 Å². The van der Waals surface area contributed by atoms with Gasteiger partial charge in [-0.05, 0) is 49.4 Å². The lowest BCUT2D eigenvalue weighted by atomic mass is 9.85. The highest BCUT2D eigenvalue weighted by Gasteiger charge is 2.16. The van der Waals surface area contributed by atoms with Crippen molar-refractivity contribution in [2.45, 2.75) is 58.8 Å². The van der Waals surface area contributed by atoms with Crippen molar-refractivity contribution in [3.63, 3.8) is 0 Å². The summed E-state index contributed by atoms with van der Waals surface area (Å²) in [5.74, 6) is 0.695. The monoisotopic (exact) mass is 262 g/mol. The van der Waals surface area contributed by atoms with Crippen molar-refractivity contribution in [1.29, 1.82) is 0 Å². The number of Topliss-reactive ketones (excluding diaryl/α,β-unsaturated/α-hetero) is 1. The Hall–Kier alpha value is -1.18. The average molecular weight is 262 g/mol. The van der Waals surface area contributed by atoms with Crippen LogP contribution in [0.5, 0.6) is 0 Å². The van der Waals surface area contributed by atoms with E-state index >= 15 is 0 Å². The van der Waals surface area contributed by atoms with Crippen LogP contribution >= 0.6 is 0 Å². The first kappa shape index (κ1) is 14.2. The summed E-state index contributed by atoms with van der Waals surface area (Å²) in [5, 5.41) is 0. The van der Waals surface area contributed by atoms with Crippen molar-refractivity contribution in [2.75, 3.05) is 0 Å². The molecule has 0 spiro atoms. The number of hydrogen-bond donors (Lipinski definition) is 0. The van der Waals surface area contributed by atoms with Crippen molar-refractivity contribution >= 4 is 5.78 Å². The maximum Gasteiger partial charge on any atom is 0.162 e. The van der Waals surface area contributed by atoms with E-state index in [1.807, 2.05) is 0 Å². The minimum atomic E-state index is -0.191. The molecule has 0 unspecified atom stereocenters. The van der Waals surface area contributed by atoms with Gasteiger partial charge in [0.05, 0.1) is 0 Å². The second-order valence-corrected chi connectivity index (χ2v) is 5.89. The van der Waals surface area contributed by atoms with E-state index in [2.05, 4.69) is 0 Å². The lowest BCUT2D eigenvalue weighted by Gasteiger charge is -2.21. The molecule has 0 radical (unpaired) electrons. The molecule has 0 bridgehead atoms. The Kier molecular flexibility index (Phi) is 4.73. The quantitative estimate of drug-likeness (QED) is 0.699. The molecule has 19 heavy (non-hydrogen) atoms. The molecule has 2 heteroatoms. The molecule has 1 aliphatic carbocycles. The zero-order chi connectivity index (χ0) is 13.8. The van der Waals surface area contributed by atoms with Gasteiger partial charge < -0.3 is 0 Å². The third kappa shape index (κ3) is 3.65. The van der Waals surface area contributed by atoms with E-state index in [9.17, 15) is 9.18 Å². The second kappa shape index (κ2) is 6.31. The third-order valence-electron chi connectivity index (χ3n) is 4.26. The van der Waals surface area contributed by atoms with Crippen LogP contribution in [0.3, 0.4) is 0 Å². The van der Waals surface area contributed by atoms with Crippen LogP contribution in [0.2, 0.25) is 0 Å². The van der Waals surface area contributed by atoms with E-state index in [0.717, 1.165) is 12.3 Å². The standard InChI is InChI=1S/C17H23FO/c1-12-10-15(11-13(2)17(12)18)16(19)9-8-14-6-4-3-5-7-14/h10-11,14H,3-9H2,1-2H3. The topological polar surface area (TPSA) is 17.1 Å². The van der Waals surface area contributed by atoms with E-state index in [1.54, 1.807) is 26.0 Å². The molecule has 0 aromatic heterocycles. The van der Waals surface area contributed by atoms with Gasteiger partial charge >= 0.3 is 0 Å². The molecule has 1 nitrogen and oxygen atoms in total. The number of rotatable bonds is 4. The molecule has 104 valence electrons. The van der Waals surface area contributed by atoms with Crippen molar-refractivity contribution < 1.29 is 9.18 Å². The Morgan fingerprint density at radius 3 is 2.32 bits per heavy atom. The molecule has 0 amide bonds. The molecule has 1 fully saturated rings. The Bertz CT molecular complexity index is 435. The minimum Gasteiger partial charge on any atom is -0.294 e. The van der Waals surface area contributed by atoms with Crippen LogP contribution in [-0.4, -0.2) is 5.78 Å². The number of ketones is 1. The number of benzene rings is 1. The van der Waals surface area contributed by atoms with Gasteiger partial charge in [-0.2, -0.15) is 0 Å². The van der Waals surface area contributed by atoms with Crippen molar-refractivity contribution in [1.82, 2.24) is 0 Å². The number of carbonyl (C=O) groups excluding carboxylic acids is 1. The molecular weight excluding hydrogens is 239 g/mol. The highest BCUT2D eigenvalue weighted by Crippen LogP contribution is 2.28.